The van der Waals surface area contributed by atoms with E-state index < -0.39 is 28.4 Å². The van der Waals surface area contributed by atoms with Gasteiger partial charge in [-0.25, -0.2) is 12.7 Å². The molecule has 1 aliphatic rings. The second-order valence-corrected chi connectivity index (χ2v) is 10.2. The number of ketones is 1. The van der Waals surface area contributed by atoms with Gasteiger partial charge < -0.3 is 10.1 Å². The molecule has 0 spiro atoms. The van der Waals surface area contributed by atoms with Gasteiger partial charge in [-0.2, -0.15) is 0 Å². The Morgan fingerprint density at radius 3 is 2.45 bits per heavy atom. The van der Waals surface area contributed by atoms with Crippen LogP contribution in [0.3, 0.4) is 0 Å². The van der Waals surface area contributed by atoms with Gasteiger partial charge in [0.1, 0.15) is 5.75 Å². The summed E-state index contributed by atoms with van der Waals surface area (Å²) >= 11 is 12.0. The molecular weight excluding hydrogens is 491 g/mol. The van der Waals surface area contributed by atoms with Crippen LogP contribution in [-0.2, 0) is 30.8 Å². The van der Waals surface area contributed by atoms with Crippen molar-refractivity contribution in [1.82, 2.24) is 9.62 Å². The van der Waals surface area contributed by atoms with Crippen molar-refractivity contribution in [3.05, 3.63) is 58.1 Å². The summed E-state index contributed by atoms with van der Waals surface area (Å²) < 4.78 is 32.5. The first kappa shape index (κ1) is 25.0. The molecule has 1 unspecified atom stereocenters. The quantitative estimate of drug-likeness (QED) is 0.610. The number of Topliss-reactive ketones (excluding diaryl/α,β-unsaturated/α-hetero) is 1. The Kier molecular flexibility index (Phi) is 7.99. The van der Waals surface area contributed by atoms with E-state index in [0.29, 0.717) is 25.7 Å². The van der Waals surface area contributed by atoms with Crippen molar-refractivity contribution < 1.29 is 27.5 Å². The van der Waals surface area contributed by atoms with E-state index in [1.807, 2.05) is 0 Å². The van der Waals surface area contributed by atoms with E-state index in [0.717, 1.165) is 0 Å². The lowest BCUT2D eigenvalue weighted by molar-refractivity contribution is -0.131. The lowest BCUT2D eigenvalue weighted by Gasteiger charge is -2.24. The van der Waals surface area contributed by atoms with Crippen LogP contribution in [-0.4, -0.2) is 50.5 Å². The number of nitrogens with one attached hydrogen (secondary N) is 1. The molecule has 8 nitrogen and oxygen atoms in total. The van der Waals surface area contributed by atoms with Crippen LogP contribution >= 0.6 is 23.2 Å². The Morgan fingerprint density at radius 2 is 1.79 bits per heavy atom. The Labute approximate surface area is 201 Å². The average molecular weight is 513 g/mol. The molecule has 1 heterocycles. The van der Waals surface area contributed by atoms with Crippen LogP contribution < -0.4 is 10.1 Å². The molecule has 2 amide bonds. The number of hydrogen-bond donors (Lipinski definition) is 1. The monoisotopic (exact) mass is 512 g/mol. The zero-order valence-electron chi connectivity index (χ0n) is 17.7. The summed E-state index contributed by atoms with van der Waals surface area (Å²) in [4.78, 5) is 37.1. The van der Waals surface area contributed by atoms with Crippen LogP contribution in [0.15, 0.2) is 47.4 Å². The molecule has 3 rings (SSSR count). The van der Waals surface area contributed by atoms with Crippen molar-refractivity contribution in [2.24, 2.45) is 5.92 Å². The van der Waals surface area contributed by atoms with E-state index in [4.69, 9.17) is 27.9 Å². The highest BCUT2D eigenvalue weighted by molar-refractivity contribution is 7.89. The fourth-order valence-corrected chi connectivity index (χ4v) is 5.19. The number of hydrogen-bond acceptors (Lipinski definition) is 6. The molecular formula is C22H22Cl2N2O6S. The second-order valence-electron chi connectivity index (χ2n) is 7.50. The van der Waals surface area contributed by atoms with E-state index >= 15 is 0 Å². The largest absolute Gasteiger partial charge is 0.483 e. The SMILES string of the molecule is CNC(=O)COc1ccc(Cl)cc1CC1CCC(=O)CN(S(=O)(=O)c2ccc(Cl)cc2)C1=O. The van der Waals surface area contributed by atoms with Gasteiger partial charge in [0.15, 0.2) is 12.4 Å². The van der Waals surface area contributed by atoms with Gasteiger partial charge in [-0.05, 0) is 60.9 Å². The molecule has 2 aromatic rings. The number of sulfonamides is 1. The van der Waals surface area contributed by atoms with Crippen LogP contribution in [0.2, 0.25) is 10.0 Å². The first-order valence-corrected chi connectivity index (χ1v) is 12.3. The third-order valence-corrected chi connectivity index (χ3v) is 7.46. The van der Waals surface area contributed by atoms with Crippen LogP contribution in [0.1, 0.15) is 18.4 Å². The first-order chi connectivity index (χ1) is 15.6. The van der Waals surface area contributed by atoms with E-state index in [1.165, 1.54) is 31.3 Å². The molecule has 1 N–H and O–H groups in total. The van der Waals surface area contributed by atoms with Gasteiger partial charge in [0, 0.05) is 29.4 Å². The van der Waals surface area contributed by atoms with Crippen molar-refractivity contribution in [3.63, 3.8) is 0 Å². The van der Waals surface area contributed by atoms with Gasteiger partial charge in [0.25, 0.3) is 15.9 Å². The molecule has 0 aromatic heterocycles. The first-order valence-electron chi connectivity index (χ1n) is 10.1. The number of nitrogens with zero attached hydrogens (tertiary/aromatic N) is 1. The van der Waals surface area contributed by atoms with Gasteiger partial charge in [-0.15, -0.1) is 0 Å². The smallest absolute Gasteiger partial charge is 0.266 e. The molecule has 11 heteroatoms. The van der Waals surface area contributed by atoms with Crippen molar-refractivity contribution >= 4 is 50.8 Å². The number of benzene rings is 2. The number of rotatable bonds is 7. The summed E-state index contributed by atoms with van der Waals surface area (Å²) in [6.07, 6.45) is 0.312. The minimum atomic E-state index is -4.26. The predicted octanol–water partition coefficient (Wildman–Crippen LogP) is 2.86. The maximum Gasteiger partial charge on any atom is 0.266 e. The average Bonchev–Trinajstić information content (AvgIpc) is 2.92. The fourth-order valence-electron chi connectivity index (χ4n) is 3.44. The molecule has 1 saturated heterocycles. The summed E-state index contributed by atoms with van der Waals surface area (Å²) in [6, 6.07) is 10.1. The van der Waals surface area contributed by atoms with Crippen LogP contribution in [0.4, 0.5) is 0 Å². The summed E-state index contributed by atoms with van der Waals surface area (Å²) in [5.41, 5.74) is 0.531. The number of carbonyl (C=O) groups is 3. The number of likely N-dealkylation sites (N-methyl/N-ethyl adjacent to an activating group) is 1. The third-order valence-electron chi connectivity index (χ3n) is 5.21. The fraction of sp³-hybridized carbons (Fsp3) is 0.318. The lowest BCUT2D eigenvalue weighted by Crippen LogP contribution is -2.42. The summed E-state index contributed by atoms with van der Waals surface area (Å²) in [7, 11) is -2.78. The third kappa shape index (κ3) is 6.04. The van der Waals surface area contributed by atoms with Crippen molar-refractivity contribution in [3.8, 4) is 5.75 Å². The molecule has 0 aliphatic carbocycles. The van der Waals surface area contributed by atoms with Gasteiger partial charge in [-0.3, -0.25) is 14.4 Å². The van der Waals surface area contributed by atoms with Crippen LogP contribution in [0.25, 0.3) is 0 Å². The minimum absolute atomic E-state index is 0.0536. The maximum atomic E-state index is 13.3. The minimum Gasteiger partial charge on any atom is -0.483 e. The Balaban J connectivity index is 1.90. The number of carbonyl (C=O) groups excluding carboxylic acids is 3. The molecule has 1 atom stereocenters. The van der Waals surface area contributed by atoms with Crippen LogP contribution in [0, 0.1) is 5.92 Å². The zero-order valence-corrected chi connectivity index (χ0v) is 20.0. The Hall–Kier alpha value is -2.62. The van der Waals surface area contributed by atoms with E-state index in [1.54, 1.807) is 18.2 Å². The zero-order chi connectivity index (χ0) is 24.2. The highest BCUT2D eigenvalue weighted by atomic mass is 35.5. The van der Waals surface area contributed by atoms with Crippen LogP contribution in [0.5, 0.6) is 5.75 Å². The molecule has 176 valence electrons. The Bertz CT molecular complexity index is 1170. The van der Waals surface area contributed by atoms with E-state index in [9.17, 15) is 22.8 Å². The second kappa shape index (κ2) is 10.5. The molecule has 0 radical (unpaired) electrons. The molecule has 0 saturated carbocycles. The molecule has 33 heavy (non-hydrogen) atoms. The summed E-state index contributed by atoms with van der Waals surface area (Å²) in [5, 5.41) is 3.18. The number of amides is 2. The summed E-state index contributed by atoms with van der Waals surface area (Å²) in [5.74, 6) is -1.84. The normalized spacial score (nSPS) is 16.9. The molecule has 0 bridgehead atoms. The highest BCUT2D eigenvalue weighted by Gasteiger charge is 2.38. The molecule has 2 aromatic carbocycles. The summed E-state index contributed by atoms with van der Waals surface area (Å²) in [6.45, 7) is -0.769. The molecule has 1 aliphatic heterocycles. The standard InChI is InChI=1S/C22H22Cl2N2O6S/c1-25-21(28)13-32-20-9-5-17(24)11-15(20)10-14-2-6-18(27)12-26(22(14)29)33(30,31)19-7-3-16(23)4-8-19/h3-5,7-9,11,14H,2,6,10,12-13H2,1H3,(H,25,28). The Morgan fingerprint density at radius 1 is 1.12 bits per heavy atom. The predicted molar refractivity (Wildman–Crippen MR) is 123 cm³/mol. The highest BCUT2D eigenvalue weighted by Crippen LogP contribution is 2.31. The van der Waals surface area contributed by atoms with Crippen molar-refractivity contribution in [1.29, 1.82) is 0 Å². The van der Waals surface area contributed by atoms with Gasteiger partial charge in [0.05, 0.1) is 11.4 Å². The molecule has 1 fully saturated rings. The van der Waals surface area contributed by atoms with E-state index in [-0.39, 0.29) is 42.5 Å². The maximum absolute atomic E-state index is 13.3. The number of halogens is 2. The van der Waals surface area contributed by atoms with Gasteiger partial charge in [0.2, 0.25) is 5.91 Å². The number of ether oxygens (including phenoxy) is 1. The lowest BCUT2D eigenvalue weighted by atomic mass is 9.93. The van der Waals surface area contributed by atoms with E-state index in [2.05, 4.69) is 5.32 Å². The van der Waals surface area contributed by atoms with Crippen molar-refractivity contribution in [2.75, 3.05) is 20.2 Å². The van der Waals surface area contributed by atoms with Crippen molar-refractivity contribution in [2.45, 2.75) is 24.2 Å². The van der Waals surface area contributed by atoms with Gasteiger partial charge in [-0.1, -0.05) is 23.2 Å². The topological polar surface area (TPSA) is 110 Å². The van der Waals surface area contributed by atoms with Gasteiger partial charge >= 0.3 is 0 Å².